The monoisotopic (exact) mass is 375 g/mol. The molecule has 1 aliphatic heterocycles. The first kappa shape index (κ1) is 21.7. The Hall–Kier alpha value is -1.63. The lowest BCUT2D eigenvalue weighted by molar-refractivity contribution is 0.0220. The van der Waals surface area contributed by atoms with Gasteiger partial charge in [0.1, 0.15) is 0 Å². The van der Waals surface area contributed by atoms with Crippen molar-refractivity contribution in [2.45, 2.75) is 39.4 Å². The fraction of sp³-hybridized carbons (Fsp3) is 0.667. The quantitative estimate of drug-likeness (QED) is 0.509. The minimum absolute atomic E-state index is 0.408. The highest BCUT2D eigenvalue weighted by Gasteiger charge is 2.17. The molecule has 1 aliphatic rings. The van der Waals surface area contributed by atoms with Crippen LogP contribution >= 0.6 is 0 Å². The third kappa shape index (κ3) is 7.87. The van der Waals surface area contributed by atoms with E-state index >= 15 is 0 Å². The van der Waals surface area contributed by atoms with E-state index in [1.165, 1.54) is 5.56 Å². The first-order chi connectivity index (χ1) is 13.1. The lowest BCUT2D eigenvalue weighted by Gasteiger charge is -2.31. The summed E-state index contributed by atoms with van der Waals surface area (Å²) in [5.74, 6) is 0.901. The van der Waals surface area contributed by atoms with Crippen molar-refractivity contribution < 1.29 is 4.74 Å². The summed E-state index contributed by atoms with van der Waals surface area (Å²) in [5, 5.41) is 6.86. The number of rotatable bonds is 9. The molecule has 0 spiro atoms. The second-order valence-corrected chi connectivity index (χ2v) is 7.35. The zero-order valence-corrected chi connectivity index (χ0v) is 17.4. The standard InChI is InChI=1S/C21H37N5O/c1-5-22-21(24-16-19(3)26-11-13-27-14-12-26)23-15-18(2)25(4)17-20-9-7-6-8-10-20/h6-10,18-19H,5,11-17H2,1-4H3,(H2,22,23,24). The summed E-state index contributed by atoms with van der Waals surface area (Å²) in [6, 6.07) is 11.4. The number of guanidine groups is 1. The largest absolute Gasteiger partial charge is 0.379 e. The third-order valence-electron chi connectivity index (χ3n) is 5.12. The van der Waals surface area contributed by atoms with E-state index in [0.717, 1.165) is 58.4 Å². The van der Waals surface area contributed by atoms with Gasteiger partial charge in [0, 0.05) is 44.8 Å². The number of ether oxygens (including phenoxy) is 1. The predicted molar refractivity (Wildman–Crippen MR) is 113 cm³/mol. The summed E-state index contributed by atoms with van der Waals surface area (Å²) in [4.78, 5) is 9.61. The fourth-order valence-corrected chi connectivity index (χ4v) is 3.13. The van der Waals surface area contributed by atoms with Gasteiger partial charge in [-0.25, -0.2) is 0 Å². The number of morpholine rings is 1. The molecule has 152 valence electrons. The van der Waals surface area contributed by atoms with Gasteiger partial charge in [0.25, 0.3) is 0 Å². The van der Waals surface area contributed by atoms with Gasteiger partial charge in [0.05, 0.1) is 19.8 Å². The van der Waals surface area contributed by atoms with Crippen molar-refractivity contribution in [3.63, 3.8) is 0 Å². The second-order valence-electron chi connectivity index (χ2n) is 7.35. The Morgan fingerprint density at radius 1 is 1.19 bits per heavy atom. The van der Waals surface area contributed by atoms with E-state index < -0.39 is 0 Å². The van der Waals surface area contributed by atoms with E-state index in [2.05, 4.69) is 78.6 Å². The molecule has 0 bridgehead atoms. The van der Waals surface area contributed by atoms with E-state index in [9.17, 15) is 0 Å². The lowest BCUT2D eigenvalue weighted by atomic mass is 10.2. The van der Waals surface area contributed by atoms with Gasteiger partial charge in [-0.15, -0.1) is 0 Å². The molecule has 0 saturated carbocycles. The molecule has 1 saturated heterocycles. The number of hydrogen-bond acceptors (Lipinski definition) is 4. The molecule has 2 rings (SSSR count). The minimum Gasteiger partial charge on any atom is -0.379 e. The lowest BCUT2D eigenvalue weighted by Crippen LogP contribution is -2.46. The average molecular weight is 376 g/mol. The maximum absolute atomic E-state index is 5.44. The Morgan fingerprint density at radius 3 is 2.56 bits per heavy atom. The van der Waals surface area contributed by atoms with Gasteiger partial charge < -0.3 is 15.4 Å². The van der Waals surface area contributed by atoms with Gasteiger partial charge in [0.2, 0.25) is 0 Å². The molecule has 0 aromatic heterocycles. The van der Waals surface area contributed by atoms with Crippen LogP contribution in [0.3, 0.4) is 0 Å². The number of benzene rings is 1. The van der Waals surface area contributed by atoms with Crippen LogP contribution in [-0.4, -0.2) is 80.8 Å². The van der Waals surface area contributed by atoms with E-state index in [0.29, 0.717) is 12.1 Å². The van der Waals surface area contributed by atoms with Crippen molar-refractivity contribution >= 4 is 5.96 Å². The Kier molecular flexibility index (Phi) is 9.59. The van der Waals surface area contributed by atoms with Gasteiger partial charge in [-0.2, -0.15) is 0 Å². The normalized spacial score (nSPS) is 18.3. The molecule has 0 amide bonds. The van der Waals surface area contributed by atoms with E-state index in [4.69, 9.17) is 9.73 Å². The van der Waals surface area contributed by atoms with Crippen molar-refractivity contribution in [3.8, 4) is 0 Å². The molecule has 27 heavy (non-hydrogen) atoms. The van der Waals surface area contributed by atoms with Crippen molar-refractivity contribution in [1.82, 2.24) is 20.4 Å². The van der Waals surface area contributed by atoms with Crippen LogP contribution in [0.25, 0.3) is 0 Å². The zero-order chi connectivity index (χ0) is 19.5. The Labute approximate surface area is 165 Å². The smallest absolute Gasteiger partial charge is 0.191 e. The first-order valence-electron chi connectivity index (χ1n) is 10.2. The summed E-state index contributed by atoms with van der Waals surface area (Å²) in [6.45, 7) is 13.7. The van der Waals surface area contributed by atoms with Crippen LogP contribution in [0.4, 0.5) is 0 Å². The van der Waals surface area contributed by atoms with Crippen molar-refractivity contribution in [2.24, 2.45) is 4.99 Å². The molecule has 1 fully saturated rings. The van der Waals surface area contributed by atoms with Gasteiger partial charge >= 0.3 is 0 Å². The summed E-state index contributed by atoms with van der Waals surface area (Å²) in [5.41, 5.74) is 1.34. The molecular formula is C21H37N5O. The Bertz CT molecular complexity index is 545. The van der Waals surface area contributed by atoms with Gasteiger partial charge in [0.15, 0.2) is 5.96 Å². The van der Waals surface area contributed by atoms with E-state index in [-0.39, 0.29) is 0 Å². The predicted octanol–water partition coefficient (Wildman–Crippen LogP) is 1.78. The molecule has 2 atom stereocenters. The summed E-state index contributed by atoms with van der Waals surface area (Å²) >= 11 is 0. The Morgan fingerprint density at radius 2 is 1.89 bits per heavy atom. The van der Waals surface area contributed by atoms with Crippen LogP contribution in [0.15, 0.2) is 35.3 Å². The third-order valence-corrected chi connectivity index (χ3v) is 5.12. The second kappa shape index (κ2) is 12.0. The van der Waals surface area contributed by atoms with Crippen molar-refractivity contribution in [2.75, 3.05) is 53.0 Å². The van der Waals surface area contributed by atoms with Crippen molar-refractivity contribution in [1.29, 1.82) is 0 Å². The number of nitrogens with zero attached hydrogens (tertiary/aromatic N) is 3. The molecule has 1 aromatic rings. The molecular weight excluding hydrogens is 338 g/mol. The average Bonchev–Trinajstić information content (AvgIpc) is 2.71. The first-order valence-corrected chi connectivity index (χ1v) is 10.2. The Balaban J connectivity index is 1.79. The maximum atomic E-state index is 5.44. The van der Waals surface area contributed by atoms with Crippen LogP contribution in [-0.2, 0) is 11.3 Å². The topological polar surface area (TPSA) is 52.1 Å². The molecule has 2 N–H and O–H groups in total. The van der Waals surface area contributed by atoms with Gasteiger partial charge in [-0.05, 0) is 33.4 Å². The van der Waals surface area contributed by atoms with Gasteiger partial charge in [-0.3, -0.25) is 14.8 Å². The molecule has 1 heterocycles. The highest BCUT2D eigenvalue weighted by Crippen LogP contribution is 2.06. The maximum Gasteiger partial charge on any atom is 0.191 e. The molecule has 6 nitrogen and oxygen atoms in total. The van der Waals surface area contributed by atoms with Crippen LogP contribution in [0.2, 0.25) is 0 Å². The highest BCUT2D eigenvalue weighted by atomic mass is 16.5. The number of hydrogen-bond donors (Lipinski definition) is 2. The highest BCUT2D eigenvalue weighted by molar-refractivity contribution is 5.79. The SMILES string of the molecule is CCNC(=NCC(C)N1CCOCC1)NCC(C)N(C)Cc1ccccc1. The molecule has 0 aliphatic carbocycles. The van der Waals surface area contributed by atoms with E-state index in [1.807, 2.05) is 0 Å². The van der Waals surface area contributed by atoms with E-state index in [1.54, 1.807) is 0 Å². The van der Waals surface area contributed by atoms with Crippen molar-refractivity contribution in [3.05, 3.63) is 35.9 Å². The summed E-state index contributed by atoms with van der Waals surface area (Å²) in [7, 11) is 2.17. The summed E-state index contributed by atoms with van der Waals surface area (Å²) in [6.07, 6.45) is 0. The minimum atomic E-state index is 0.408. The van der Waals surface area contributed by atoms with Crippen LogP contribution in [0, 0.1) is 0 Å². The van der Waals surface area contributed by atoms with Gasteiger partial charge in [-0.1, -0.05) is 30.3 Å². The van der Waals surface area contributed by atoms with Crippen LogP contribution in [0.5, 0.6) is 0 Å². The fourth-order valence-electron chi connectivity index (χ4n) is 3.13. The zero-order valence-electron chi connectivity index (χ0n) is 17.4. The number of nitrogens with one attached hydrogen (secondary N) is 2. The van der Waals surface area contributed by atoms with Crippen LogP contribution < -0.4 is 10.6 Å². The molecule has 2 unspecified atom stereocenters. The number of aliphatic imine (C=N–C) groups is 1. The van der Waals surface area contributed by atoms with Crippen LogP contribution in [0.1, 0.15) is 26.3 Å². The number of likely N-dealkylation sites (N-methyl/N-ethyl adjacent to an activating group) is 1. The molecule has 6 heteroatoms. The molecule has 1 aromatic carbocycles. The molecule has 0 radical (unpaired) electrons. The summed E-state index contributed by atoms with van der Waals surface area (Å²) < 4.78 is 5.44.